The molecule has 0 aliphatic rings. The molecule has 1 atom stereocenters. The highest BCUT2D eigenvalue weighted by Gasteiger charge is 2.18. The smallest absolute Gasteiger partial charge is 0.191 e. The van der Waals surface area contributed by atoms with E-state index in [0.29, 0.717) is 12.3 Å². The molecule has 1 unspecified atom stereocenters. The first kappa shape index (κ1) is 21.4. The summed E-state index contributed by atoms with van der Waals surface area (Å²) in [5, 5.41) is 6.45. The number of guanidine groups is 1. The zero-order valence-electron chi connectivity index (χ0n) is 12.9. The molecule has 0 saturated heterocycles. The number of rotatable bonds is 7. The molecule has 0 spiro atoms. The quantitative estimate of drug-likeness (QED) is 0.297. The van der Waals surface area contributed by atoms with Gasteiger partial charge in [0.2, 0.25) is 0 Å². The Morgan fingerprint density at radius 1 is 1.16 bits per heavy atom. The molecule has 0 radical (unpaired) electrons. The predicted octanol–water partition coefficient (Wildman–Crippen LogP) is 2.51. The van der Waals surface area contributed by atoms with Crippen LogP contribution in [0.5, 0.6) is 0 Å². The van der Waals surface area contributed by atoms with E-state index in [1.165, 1.54) is 12.8 Å². The molecule has 0 fully saturated rings. The Labute approximate surface area is 138 Å². The van der Waals surface area contributed by atoms with Gasteiger partial charge in [0.25, 0.3) is 0 Å². The molecule has 0 aromatic carbocycles. The number of hydrogen-bond donors (Lipinski definition) is 2. The Morgan fingerprint density at radius 2 is 1.74 bits per heavy atom. The van der Waals surface area contributed by atoms with Gasteiger partial charge >= 0.3 is 0 Å². The molecule has 0 bridgehead atoms. The van der Waals surface area contributed by atoms with E-state index in [0.717, 1.165) is 18.9 Å². The van der Waals surface area contributed by atoms with Crippen molar-refractivity contribution in [2.24, 2.45) is 4.99 Å². The van der Waals surface area contributed by atoms with Crippen molar-refractivity contribution in [2.45, 2.75) is 51.7 Å². The fourth-order valence-electron chi connectivity index (χ4n) is 1.37. The molecule has 0 aromatic heterocycles. The maximum Gasteiger partial charge on any atom is 0.191 e. The Hall–Kier alpha value is 0.150. The first-order valence-corrected chi connectivity index (χ1v) is 8.06. The maximum atomic E-state index is 11.8. The molecule has 19 heavy (non-hydrogen) atoms. The van der Waals surface area contributed by atoms with Crippen LogP contribution in [0, 0.1) is 0 Å². The highest BCUT2D eigenvalue weighted by molar-refractivity contribution is 14.0. The monoisotopic (exact) mass is 403 g/mol. The van der Waals surface area contributed by atoms with Gasteiger partial charge in [-0.25, -0.2) is 0 Å². The molecule has 0 amide bonds. The average Bonchev–Trinajstić information content (AvgIpc) is 2.30. The minimum atomic E-state index is -0.810. The average molecular weight is 403 g/mol. The van der Waals surface area contributed by atoms with Crippen molar-refractivity contribution in [1.29, 1.82) is 0 Å². The Kier molecular flexibility index (Phi) is 13.5. The van der Waals surface area contributed by atoms with Crippen LogP contribution in [-0.2, 0) is 10.8 Å². The zero-order valence-corrected chi connectivity index (χ0v) is 16.1. The number of unbranched alkanes of at least 4 members (excludes halogenated alkanes) is 2. The van der Waals surface area contributed by atoms with E-state index in [2.05, 4.69) is 22.5 Å². The summed E-state index contributed by atoms with van der Waals surface area (Å²) in [5.41, 5.74) is 0. The van der Waals surface area contributed by atoms with E-state index in [1.807, 2.05) is 20.8 Å². The third kappa shape index (κ3) is 11.7. The van der Waals surface area contributed by atoms with Crippen molar-refractivity contribution >= 4 is 40.7 Å². The standard InChI is InChI=1S/C13H29N3OS.HI/c1-6-7-8-9-15-12(14-5)16-10-11-18(17)13(2,3)4;/h6-11H2,1-5H3,(H2,14,15,16);1H. The van der Waals surface area contributed by atoms with E-state index in [9.17, 15) is 4.21 Å². The number of nitrogens with one attached hydrogen (secondary N) is 2. The molecule has 6 heteroatoms. The fourth-order valence-corrected chi connectivity index (χ4v) is 2.27. The first-order chi connectivity index (χ1) is 8.41. The highest BCUT2D eigenvalue weighted by atomic mass is 127. The minimum absolute atomic E-state index is 0. The SMILES string of the molecule is CCCCCNC(=NC)NCCS(=O)C(C)(C)C.I. The predicted molar refractivity (Wildman–Crippen MR) is 97.1 cm³/mol. The molecule has 0 saturated carbocycles. The molecular formula is C13H30IN3OS. The Morgan fingerprint density at radius 3 is 2.21 bits per heavy atom. The van der Waals surface area contributed by atoms with Crippen LogP contribution in [0.4, 0.5) is 0 Å². The molecule has 2 N–H and O–H groups in total. The molecule has 4 nitrogen and oxygen atoms in total. The third-order valence-corrected chi connectivity index (χ3v) is 4.50. The topological polar surface area (TPSA) is 53.5 Å². The number of halogens is 1. The third-order valence-electron chi connectivity index (χ3n) is 2.56. The number of hydrogen-bond acceptors (Lipinski definition) is 2. The lowest BCUT2D eigenvalue weighted by Crippen LogP contribution is -2.40. The van der Waals surface area contributed by atoms with Gasteiger partial charge in [-0.1, -0.05) is 19.8 Å². The lowest BCUT2D eigenvalue weighted by molar-refractivity contribution is 0.646. The van der Waals surface area contributed by atoms with E-state index in [-0.39, 0.29) is 28.7 Å². The van der Waals surface area contributed by atoms with Gasteiger partial charge in [0, 0.05) is 41.4 Å². The van der Waals surface area contributed by atoms with Crippen LogP contribution in [0.3, 0.4) is 0 Å². The Bertz CT molecular complexity index is 278. The zero-order chi connectivity index (χ0) is 14.0. The molecule has 0 aliphatic carbocycles. The summed E-state index contributed by atoms with van der Waals surface area (Å²) < 4.78 is 11.7. The number of nitrogens with zero attached hydrogens (tertiary/aromatic N) is 1. The second-order valence-corrected chi connectivity index (χ2v) is 7.62. The van der Waals surface area contributed by atoms with Gasteiger partial charge in [-0.05, 0) is 27.2 Å². The second kappa shape index (κ2) is 11.9. The van der Waals surface area contributed by atoms with Gasteiger partial charge in [0.15, 0.2) is 5.96 Å². The van der Waals surface area contributed by atoms with Gasteiger partial charge in [-0.3, -0.25) is 9.20 Å². The van der Waals surface area contributed by atoms with Crippen LogP contribution in [0.25, 0.3) is 0 Å². The summed E-state index contributed by atoms with van der Waals surface area (Å²) in [7, 11) is 0.950. The molecular weight excluding hydrogens is 373 g/mol. The van der Waals surface area contributed by atoms with Gasteiger partial charge in [-0.15, -0.1) is 24.0 Å². The highest BCUT2D eigenvalue weighted by Crippen LogP contribution is 2.10. The largest absolute Gasteiger partial charge is 0.356 e. The van der Waals surface area contributed by atoms with E-state index in [4.69, 9.17) is 0 Å². The summed E-state index contributed by atoms with van der Waals surface area (Å²) in [4.78, 5) is 4.14. The van der Waals surface area contributed by atoms with Crippen LogP contribution in [-0.4, -0.2) is 40.8 Å². The molecule has 0 aliphatic heterocycles. The summed E-state index contributed by atoms with van der Waals surface area (Å²) in [6.45, 7) is 9.82. The van der Waals surface area contributed by atoms with Crippen molar-refractivity contribution in [3.63, 3.8) is 0 Å². The van der Waals surface area contributed by atoms with Crippen molar-refractivity contribution in [2.75, 3.05) is 25.9 Å². The lowest BCUT2D eigenvalue weighted by atomic mass is 10.2. The Balaban J connectivity index is 0. The molecule has 0 rings (SSSR count). The van der Waals surface area contributed by atoms with Crippen molar-refractivity contribution in [3.8, 4) is 0 Å². The van der Waals surface area contributed by atoms with Gasteiger partial charge in [0.05, 0.1) is 0 Å². The van der Waals surface area contributed by atoms with Gasteiger partial charge in [-0.2, -0.15) is 0 Å². The van der Waals surface area contributed by atoms with Crippen LogP contribution in [0.2, 0.25) is 0 Å². The van der Waals surface area contributed by atoms with Crippen molar-refractivity contribution < 1.29 is 4.21 Å². The van der Waals surface area contributed by atoms with Crippen LogP contribution in [0.1, 0.15) is 47.0 Å². The van der Waals surface area contributed by atoms with Crippen LogP contribution < -0.4 is 10.6 Å². The summed E-state index contributed by atoms with van der Waals surface area (Å²) >= 11 is 0. The number of aliphatic imine (C=N–C) groups is 1. The molecule has 116 valence electrons. The van der Waals surface area contributed by atoms with Gasteiger partial charge < -0.3 is 10.6 Å². The first-order valence-electron chi connectivity index (χ1n) is 6.74. The lowest BCUT2D eigenvalue weighted by Gasteiger charge is -2.18. The van der Waals surface area contributed by atoms with Crippen molar-refractivity contribution in [1.82, 2.24) is 10.6 Å². The summed E-state index contributed by atoms with van der Waals surface area (Å²) in [5.74, 6) is 1.45. The van der Waals surface area contributed by atoms with E-state index >= 15 is 0 Å². The van der Waals surface area contributed by atoms with Crippen LogP contribution >= 0.6 is 24.0 Å². The van der Waals surface area contributed by atoms with Crippen LogP contribution in [0.15, 0.2) is 4.99 Å². The van der Waals surface area contributed by atoms with Crippen molar-refractivity contribution in [3.05, 3.63) is 0 Å². The molecule has 0 aromatic rings. The second-order valence-electron chi connectivity index (χ2n) is 5.29. The summed E-state index contributed by atoms with van der Waals surface area (Å²) in [6, 6.07) is 0. The minimum Gasteiger partial charge on any atom is -0.356 e. The normalized spacial score (nSPS) is 13.6. The van der Waals surface area contributed by atoms with E-state index in [1.54, 1.807) is 7.05 Å². The summed E-state index contributed by atoms with van der Waals surface area (Å²) in [6.07, 6.45) is 3.61. The van der Waals surface area contributed by atoms with E-state index < -0.39 is 10.8 Å². The van der Waals surface area contributed by atoms with Gasteiger partial charge in [0.1, 0.15) is 0 Å². The maximum absolute atomic E-state index is 11.8. The fraction of sp³-hybridized carbons (Fsp3) is 0.923. The molecule has 0 heterocycles.